The molecule has 0 aliphatic rings. The smallest absolute Gasteiger partial charge is 0.197 e. The van der Waals surface area contributed by atoms with Gasteiger partial charge in [-0.05, 0) is 36.8 Å². The van der Waals surface area contributed by atoms with Crippen LogP contribution in [0.4, 0.5) is 0 Å². The second-order valence-corrected chi connectivity index (χ2v) is 8.57. The molecule has 0 spiro atoms. The number of carbonyl (C=O) groups is 1. The van der Waals surface area contributed by atoms with Gasteiger partial charge in [-0.1, -0.05) is 31.5 Å². The second-order valence-electron chi connectivity index (χ2n) is 8.57. The van der Waals surface area contributed by atoms with Crippen molar-refractivity contribution in [3.05, 3.63) is 65.4 Å². The van der Waals surface area contributed by atoms with E-state index >= 15 is 0 Å². The number of hydrogen-bond acceptors (Lipinski definition) is 3. The minimum absolute atomic E-state index is 0.0117. The molecule has 0 bridgehead atoms. The molecule has 0 amide bonds. The van der Waals surface area contributed by atoms with Crippen LogP contribution < -0.4 is 4.74 Å². The van der Waals surface area contributed by atoms with E-state index in [2.05, 4.69) is 28.1 Å². The number of unbranched alkanes of at least 4 members (excludes halogenated alkanes) is 1. The Bertz CT molecular complexity index is 948. The molecule has 0 fully saturated rings. The molecular formula is C25H32NO3+. The molecule has 0 unspecified atom stereocenters. The van der Waals surface area contributed by atoms with Gasteiger partial charge in [-0.2, -0.15) is 0 Å². The number of furan rings is 1. The molecule has 0 aliphatic heterocycles. The highest BCUT2D eigenvalue weighted by molar-refractivity contribution is 6.16. The number of hydrogen-bond donors (Lipinski definition) is 0. The van der Waals surface area contributed by atoms with Gasteiger partial charge >= 0.3 is 0 Å². The van der Waals surface area contributed by atoms with E-state index in [1.54, 1.807) is 0 Å². The molecule has 0 saturated carbocycles. The molecule has 0 aliphatic carbocycles. The lowest BCUT2D eigenvalue weighted by atomic mass is 9.98. The predicted molar refractivity (Wildman–Crippen MR) is 118 cm³/mol. The van der Waals surface area contributed by atoms with Gasteiger partial charge in [-0.25, -0.2) is 0 Å². The number of quaternary nitrogens is 1. The van der Waals surface area contributed by atoms with E-state index in [1.165, 1.54) is 0 Å². The summed E-state index contributed by atoms with van der Waals surface area (Å²) in [6.45, 7) is 3.88. The standard InChI is InChI=1S/C25H32NO3/c1-5-6-11-23-24(21-10-7-8-12-22(21)29-23)25(27)19-13-15-20(16-14-19)28-18-9-17-26(2,3)4/h7-8,10,12-16H,5-6,9,11,17-18H2,1-4H3/q+1. The molecule has 0 atom stereocenters. The Morgan fingerprint density at radius 2 is 1.72 bits per heavy atom. The number of fused-ring (bicyclic) bond motifs is 1. The molecular weight excluding hydrogens is 362 g/mol. The summed E-state index contributed by atoms with van der Waals surface area (Å²) in [6.07, 6.45) is 3.83. The topological polar surface area (TPSA) is 39.4 Å². The summed E-state index contributed by atoms with van der Waals surface area (Å²) in [5, 5.41) is 0.893. The lowest BCUT2D eigenvalue weighted by Crippen LogP contribution is -2.35. The number of para-hydroxylation sites is 1. The van der Waals surface area contributed by atoms with Crippen molar-refractivity contribution in [3.8, 4) is 5.75 Å². The van der Waals surface area contributed by atoms with Crippen LogP contribution in [0.15, 0.2) is 52.9 Å². The van der Waals surface area contributed by atoms with E-state index in [1.807, 2.05) is 48.5 Å². The predicted octanol–water partition coefficient (Wildman–Crippen LogP) is 5.48. The molecule has 29 heavy (non-hydrogen) atoms. The zero-order valence-electron chi connectivity index (χ0n) is 18.0. The third kappa shape index (κ3) is 5.48. The number of carbonyl (C=O) groups excluding carboxylic acids is 1. The molecule has 1 heterocycles. The molecule has 0 N–H and O–H groups in total. The zero-order chi connectivity index (χ0) is 20.9. The molecule has 0 radical (unpaired) electrons. The number of benzene rings is 2. The van der Waals surface area contributed by atoms with Crippen LogP contribution in [0.25, 0.3) is 11.0 Å². The average molecular weight is 395 g/mol. The summed E-state index contributed by atoms with van der Waals surface area (Å²) >= 11 is 0. The Labute approximate surface area is 173 Å². The number of rotatable bonds is 10. The van der Waals surface area contributed by atoms with Crippen molar-refractivity contribution in [2.24, 2.45) is 0 Å². The third-order valence-corrected chi connectivity index (χ3v) is 5.01. The fourth-order valence-corrected chi connectivity index (χ4v) is 3.43. The molecule has 4 nitrogen and oxygen atoms in total. The van der Waals surface area contributed by atoms with Gasteiger partial charge in [0.2, 0.25) is 0 Å². The molecule has 4 heteroatoms. The van der Waals surface area contributed by atoms with Crippen molar-refractivity contribution in [1.82, 2.24) is 0 Å². The van der Waals surface area contributed by atoms with Crippen molar-refractivity contribution >= 4 is 16.8 Å². The Balaban J connectivity index is 1.75. The first-order valence-electron chi connectivity index (χ1n) is 10.5. The molecule has 0 saturated heterocycles. The van der Waals surface area contributed by atoms with Gasteiger partial charge in [0.25, 0.3) is 0 Å². The monoisotopic (exact) mass is 394 g/mol. The maximum Gasteiger partial charge on any atom is 0.197 e. The van der Waals surface area contributed by atoms with Gasteiger partial charge < -0.3 is 13.6 Å². The molecule has 3 aromatic rings. The van der Waals surface area contributed by atoms with E-state index in [4.69, 9.17) is 9.15 Å². The third-order valence-electron chi connectivity index (χ3n) is 5.01. The first-order valence-corrected chi connectivity index (χ1v) is 10.5. The van der Waals surface area contributed by atoms with Crippen LogP contribution in [0.3, 0.4) is 0 Å². The number of ketones is 1. The summed E-state index contributed by atoms with van der Waals surface area (Å²) in [5.41, 5.74) is 2.14. The summed E-state index contributed by atoms with van der Waals surface area (Å²) in [4.78, 5) is 13.3. The van der Waals surface area contributed by atoms with Gasteiger partial charge in [0, 0.05) is 23.8 Å². The number of aryl methyl sites for hydroxylation is 1. The zero-order valence-corrected chi connectivity index (χ0v) is 18.0. The van der Waals surface area contributed by atoms with Crippen LogP contribution in [-0.2, 0) is 6.42 Å². The Hall–Kier alpha value is -2.59. The van der Waals surface area contributed by atoms with Crippen LogP contribution in [0.1, 0.15) is 47.9 Å². The minimum atomic E-state index is 0.0117. The highest BCUT2D eigenvalue weighted by Crippen LogP contribution is 2.29. The van der Waals surface area contributed by atoms with E-state index in [-0.39, 0.29) is 5.78 Å². The van der Waals surface area contributed by atoms with Gasteiger partial charge in [0.15, 0.2) is 5.78 Å². The Kier molecular flexibility index (Phi) is 6.75. The van der Waals surface area contributed by atoms with Crippen LogP contribution in [0, 0.1) is 0 Å². The average Bonchev–Trinajstić information content (AvgIpc) is 3.07. The highest BCUT2D eigenvalue weighted by Gasteiger charge is 2.21. The van der Waals surface area contributed by atoms with Crippen molar-refractivity contribution in [2.45, 2.75) is 32.6 Å². The molecule has 3 rings (SSSR count). The summed E-state index contributed by atoms with van der Waals surface area (Å²) in [6, 6.07) is 15.2. The normalized spacial score (nSPS) is 11.7. The van der Waals surface area contributed by atoms with Crippen LogP contribution in [-0.4, -0.2) is 44.6 Å². The van der Waals surface area contributed by atoms with E-state index < -0.39 is 0 Å². The van der Waals surface area contributed by atoms with Crippen LogP contribution in [0.5, 0.6) is 5.75 Å². The summed E-state index contributed by atoms with van der Waals surface area (Å²) < 4.78 is 12.8. The lowest BCUT2D eigenvalue weighted by Gasteiger charge is -2.23. The van der Waals surface area contributed by atoms with E-state index in [0.29, 0.717) is 17.7 Å². The first kappa shape index (κ1) is 21.1. The van der Waals surface area contributed by atoms with E-state index in [0.717, 1.165) is 59.2 Å². The highest BCUT2D eigenvalue weighted by atomic mass is 16.5. The van der Waals surface area contributed by atoms with Gasteiger partial charge in [-0.3, -0.25) is 4.79 Å². The Morgan fingerprint density at radius 3 is 2.41 bits per heavy atom. The molecule has 2 aromatic carbocycles. The first-order chi connectivity index (χ1) is 13.9. The number of ether oxygens (including phenoxy) is 1. The van der Waals surface area contributed by atoms with Crippen molar-refractivity contribution in [2.75, 3.05) is 34.3 Å². The fourth-order valence-electron chi connectivity index (χ4n) is 3.43. The van der Waals surface area contributed by atoms with Gasteiger partial charge in [-0.15, -0.1) is 0 Å². The second kappa shape index (κ2) is 9.27. The van der Waals surface area contributed by atoms with Crippen LogP contribution in [0.2, 0.25) is 0 Å². The number of nitrogens with zero attached hydrogens (tertiary/aromatic N) is 1. The SMILES string of the molecule is CCCCc1oc2ccccc2c1C(=O)c1ccc(OCCC[N+](C)(C)C)cc1. The lowest BCUT2D eigenvalue weighted by molar-refractivity contribution is -0.870. The maximum atomic E-state index is 13.3. The van der Waals surface area contributed by atoms with Crippen molar-refractivity contribution < 1.29 is 18.4 Å². The molecule has 1 aromatic heterocycles. The van der Waals surface area contributed by atoms with Crippen LogP contribution >= 0.6 is 0 Å². The summed E-state index contributed by atoms with van der Waals surface area (Å²) in [7, 11) is 6.53. The van der Waals surface area contributed by atoms with Gasteiger partial charge in [0.05, 0.1) is 39.9 Å². The van der Waals surface area contributed by atoms with E-state index in [9.17, 15) is 4.79 Å². The Morgan fingerprint density at radius 1 is 1.00 bits per heavy atom. The fraction of sp³-hybridized carbons (Fsp3) is 0.400. The van der Waals surface area contributed by atoms with Gasteiger partial charge in [0.1, 0.15) is 17.1 Å². The largest absolute Gasteiger partial charge is 0.493 e. The van der Waals surface area contributed by atoms with Crippen molar-refractivity contribution in [1.29, 1.82) is 0 Å². The summed E-state index contributed by atoms with van der Waals surface area (Å²) in [5.74, 6) is 1.60. The minimum Gasteiger partial charge on any atom is -0.493 e. The quantitative estimate of drug-likeness (QED) is 0.260. The molecule has 154 valence electrons. The maximum absolute atomic E-state index is 13.3. The van der Waals surface area contributed by atoms with Crippen molar-refractivity contribution in [3.63, 3.8) is 0 Å².